The molecule has 1 amide bonds. The van der Waals surface area contributed by atoms with Crippen molar-refractivity contribution in [3.8, 4) is 12.3 Å². The van der Waals surface area contributed by atoms with Crippen LogP contribution in [0.4, 0.5) is 5.13 Å². The van der Waals surface area contributed by atoms with E-state index in [4.69, 9.17) is 18.0 Å². The van der Waals surface area contributed by atoms with Crippen LogP contribution in [0.15, 0.2) is 54.3 Å². The Morgan fingerprint density at radius 2 is 2.22 bits per heavy atom. The van der Waals surface area contributed by atoms with Gasteiger partial charge in [-0.25, -0.2) is 4.98 Å². The fourth-order valence-electron chi connectivity index (χ4n) is 3.34. The van der Waals surface area contributed by atoms with Crippen molar-refractivity contribution >= 4 is 34.0 Å². The van der Waals surface area contributed by atoms with Crippen molar-refractivity contribution in [3.05, 3.63) is 69.7 Å². The molecule has 138 valence electrons. The molecule has 1 N–H and O–H groups in total. The second kappa shape index (κ2) is 8.56. The van der Waals surface area contributed by atoms with Crippen LogP contribution in [0.2, 0.25) is 5.02 Å². The van der Waals surface area contributed by atoms with Gasteiger partial charge in [0, 0.05) is 22.5 Å². The molecular formula is C22H21ClN2OS. The van der Waals surface area contributed by atoms with E-state index in [0.717, 1.165) is 40.3 Å². The monoisotopic (exact) mass is 396 g/mol. The summed E-state index contributed by atoms with van der Waals surface area (Å²) in [7, 11) is 0. The highest BCUT2D eigenvalue weighted by Gasteiger charge is 2.46. The van der Waals surface area contributed by atoms with Crippen LogP contribution >= 0.6 is 22.9 Å². The van der Waals surface area contributed by atoms with Gasteiger partial charge in [-0.3, -0.25) is 4.79 Å². The lowest BCUT2D eigenvalue weighted by atomic mass is 9.63. The number of hydrogen-bond donors (Lipinski definition) is 1. The molecule has 5 heteroatoms. The molecule has 1 fully saturated rings. The van der Waals surface area contributed by atoms with E-state index < -0.39 is 5.41 Å². The van der Waals surface area contributed by atoms with Gasteiger partial charge in [0.05, 0.1) is 5.41 Å². The first-order valence-corrected chi connectivity index (χ1v) is 10.1. The number of carbonyl (C=O) groups is 1. The second-order valence-electron chi connectivity index (χ2n) is 6.53. The molecular weight excluding hydrogens is 376 g/mol. The number of amides is 1. The Bertz CT molecular complexity index is 932. The second-order valence-corrected chi connectivity index (χ2v) is 8.06. The van der Waals surface area contributed by atoms with Gasteiger partial charge in [-0.15, -0.1) is 17.8 Å². The maximum absolute atomic E-state index is 13.0. The summed E-state index contributed by atoms with van der Waals surface area (Å²) >= 11 is 7.71. The Balaban J connectivity index is 1.73. The van der Waals surface area contributed by atoms with Crippen molar-refractivity contribution in [1.29, 1.82) is 0 Å². The molecule has 1 aromatic carbocycles. The van der Waals surface area contributed by atoms with E-state index >= 15 is 0 Å². The Kier molecular flexibility index (Phi) is 6.15. The number of rotatable bonds is 6. The van der Waals surface area contributed by atoms with Gasteiger partial charge in [0.25, 0.3) is 0 Å². The predicted octanol–water partition coefficient (Wildman–Crippen LogP) is 5.63. The minimum atomic E-state index is -0.503. The van der Waals surface area contributed by atoms with Gasteiger partial charge in [-0.2, -0.15) is 0 Å². The number of nitrogens with one attached hydrogen (secondary N) is 1. The first kappa shape index (κ1) is 19.4. The summed E-state index contributed by atoms with van der Waals surface area (Å²) in [6.45, 7) is 1.94. The average molecular weight is 397 g/mol. The summed E-state index contributed by atoms with van der Waals surface area (Å²) < 4.78 is 0. The molecule has 1 saturated carbocycles. The highest BCUT2D eigenvalue weighted by molar-refractivity contribution is 7.15. The highest BCUT2D eigenvalue weighted by atomic mass is 35.5. The number of benzene rings is 1. The van der Waals surface area contributed by atoms with Crippen molar-refractivity contribution in [3.63, 3.8) is 0 Å². The molecule has 1 aliphatic rings. The van der Waals surface area contributed by atoms with Crippen molar-refractivity contribution in [1.82, 2.24) is 4.98 Å². The van der Waals surface area contributed by atoms with E-state index in [2.05, 4.69) is 16.2 Å². The molecule has 1 aliphatic carbocycles. The van der Waals surface area contributed by atoms with E-state index in [9.17, 15) is 4.79 Å². The molecule has 0 radical (unpaired) electrons. The van der Waals surface area contributed by atoms with E-state index in [1.54, 1.807) is 12.3 Å². The molecule has 27 heavy (non-hydrogen) atoms. The molecule has 1 heterocycles. The van der Waals surface area contributed by atoms with Crippen molar-refractivity contribution in [2.45, 2.75) is 32.6 Å². The van der Waals surface area contributed by atoms with Gasteiger partial charge in [0.15, 0.2) is 5.13 Å². The number of nitrogens with zero attached hydrogens (tertiary/aromatic N) is 1. The van der Waals surface area contributed by atoms with Crippen molar-refractivity contribution in [2.24, 2.45) is 5.41 Å². The Hall–Kier alpha value is -2.35. The maximum Gasteiger partial charge on any atom is 0.236 e. The fourth-order valence-corrected chi connectivity index (χ4v) is 4.37. The largest absolute Gasteiger partial charge is 0.301 e. The molecule has 1 aromatic heterocycles. The van der Waals surface area contributed by atoms with Gasteiger partial charge in [0.2, 0.25) is 5.91 Å². The molecule has 0 unspecified atom stereocenters. The summed E-state index contributed by atoms with van der Waals surface area (Å²) in [6.07, 6.45) is 16.0. The average Bonchev–Trinajstić information content (AvgIpc) is 3.05. The molecule has 0 aliphatic heterocycles. The Morgan fingerprint density at radius 3 is 2.85 bits per heavy atom. The minimum absolute atomic E-state index is 0.0119. The summed E-state index contributed by atoms with van der Waals surface area (Å²) in [5.41, 5.74) is 1.51. The number of anilines is 1. The fraction of sp³-hybridized carbons (Fsp3) is 0.273. The third-order valence-corrected chi connectivity index (χ3v) is 6.24. The standard InChI is InChI=1S/C22H21ClN2OS/c1-3-5-10-17(4-2)22(12-8-13-22)20(26)25-21-24-15-18(27-21)14-16-9-6-7-11-19(16)23/h1,4-7,9-11,15H,8,12-14H2,2H3,(H,24,25,26)/b10-5-,17-4+. The lowest BCUT2D eigenvalue weighted by molar-refractivity contribution is -0.127. The normalized spacial score (nSPS) is 16.0. The summed E-state index contributed by atoms with van der Waals surface area (Å²) in [4.78, 5) is 18.4. The number of hydrogen-bond acceptors (Lipinski definition) is 3. The van der Waals surface area contributed by atoms with E-state index in [1.807, 2.05) is 43.3 Å². The van der Waals surface area contributed by atoms with Gasteiger partial charge >= 0.3 is 0 Å². The molecule has 0 saturated heterocycles. The Labute approximate surface area is 169 Å². The zero-order valence-corrected chi connectivity index (χ0v) is 16.7. The van der Waals surface area contributed by atoms with E-state index in [-0.39, 0.29) is 5.91 Å². The first-order chi connectivity index (χ1) is 13.1. The smallest absolute Gasteiger partial charge is 0.236 e. The lowest BCUT2D eigenvalue weighted by Crippen LogP contribution is -2.43. The summed E-state index contributed by atoms with van der Waals surface area (Å²) in [5.74, 6) is 2.49. The molecule has 3 nitrogen and oxygen atoms in total. The SMILES string of the molecule is C#C/C=C\C(=C/C)C1(C(=O)Nc2ncc(Cc3ccccc3Cl)s2)CCC1. The maximum atomic E-state index is 13.0. The van der Waals surface area contributed by atoms with Crippen LogP contribution in [0.25, 0.3) is 0 Å². The van der Waals surface area contributed by atoms with Crippen LogP contribution in [0.3, 0.4) is 0 Å². The van der Waals surface area contributed by atoms with Crippen LogP contribution in [-0.2, 0) is 11.2 Å². The number of thiazole rings is 1. The molecule has 0 spiro atoms. The highest BCUT2D eigenvalue weighted by Crippen LogP contribution is 2.48. The van der Waals surface area contributed by atoms with Crippen LogP contribution in [0.1, 0.15) is 36.6 Å². The van der Waals surface area contributed by atoms with Gasteiger partial charge in [-0.1, -0.05) is 48.2 Å². The predicted molar refractivity (Wildman–Crippen MR) is 113 cm³/mol. The lowest BCUT2D eigenvalue weighted by Gasteiger charge is -2.41. The number of aromatic nitrogens is 1. The number of terminal acetylenes is 1. The quantitative estimate of drug-likeness (QED) is 0.507. The van der Waals surface area contributed by atoms with Crippen molar-refractivity contribution in [2.75, 3.05) is 5.32 Å². The van der Waals surface area contributed by atoms with Crippen LogP contribution < -0.4 is 5.32 Å². The van der Waals surface area contributed by atoms with E-state index in [1.165, 1.54) is 11.3 Å². The molecule has 0 bridgehead atoms. The van der Waals surface area contributed by atoms with Gasteiger partial charge < -0.3 is 5.32 Å². The zero-order chi connectivity index (χ0) is 19.3. The number of halogens is 1. The van der Waals surface area contributed by atoms with Crippen LogP contribution in [0.5, 0.6) is 0 Å². The van der Waals surface area contributed by atoms with Crippen LogP contribution in [-0.4, -0.2) is 10.9 Å². The van der Waals surface area contributed by atoms with Crippen LogP contribution in [0, 0.1) is 17.8 Å². The molecule has 3 rings (SSSR count). The topological polar surface area (TPSA) is 42.0 Å². The third-order valence-electron chi connectivity index (χ3n) is 4.96. The Morgan fingerprint density at radius 1 is 1.44 bits per heavy atom. The molecule has 0 atom stereocenters. The summed E-state index contributed by atoms with van der Waals surface area (Å²) in [6, 6.07) is 7.76. The zero-order valence-electron chi connectivity index (χ0n) is 15.2. The van der Waals surface area contributed by atoms with Crippen molar-refractivity contribution < 1.29 is 4.79 Å². The van der Waals surface area contributed by atoms with E-state index in [0.29, 0.717) is 11.6 Å². The third kappa shape index (κ3) is 4.16. The number of carbonyl (C=O) groups excluding carboxylic acids is 1. The minimum Gasteiger partial charge on any atom is -0.301 e. The van der Waals surface area contributed by atoms with Gasteiger partial charge in [0.1, 0.15) is 0 Å². The first-order valence-electron chi connectivity index (χ1n) is 8.88. The summed E-state index contributed by atoms with van der Waals surface area (Å²) in [5, 5.41) is 4.36. The molecule has 2 aromatic rings. The van der Waals surface area contributed by atoms with Gasteiger partial charge in [-0.05, 0) is 49.1 Å². The number of allylic oxidation sites excluding steroid dienone is 3.